The zero-order valence-electron chi connectivity index (χ0n) is 19.8. The lowest BCUT2D eigenvalue weighted by Crippen LogP contribution is -2.35. The first-order valence-electron chi connectivity index (χ1n) is 12.1. The Morgan fingerprint density at radius 1 is 1.06 bits per heavy atom. The Bertz CT molecular complexity index is 1410. The Balaban J connectivity index is 1.48. The van der Waals surface area contributed by atoms with Gasteiger partial charge in [-0.05, 0) is 49.8 Å². The SMILES string of the molecule is Cc1cc(Nc2c(-c3ccccc3)c(N3CCn4c(cc5c4CCCC5)C3)cn(C)c2=O)n[nH]1. The van der Waals surface area contributed by atoms with Crippen molar-refractivity contribution in [2.24, 2.45) is 7.05 Å². The fourth-order valence-electron chi connectivity index (χ4n) is 5.52. The minimum atomic E-state index is -0.0703. The van der Waals surface area contributed by atoms with Gasteiger partial charge in [-0.15, -0.1) is 0 Å². The van der Waals surface area contributed by atoms with E-state index in [0.717, 1.165) is 42.1 Å². The maximum absolute atomic E-state index is 13.4. The molecule has 2 aliphatic rings. The minimum absolute atomic E-state index is 0.0703. The summed E-state index contributed by atoms with van der Waals surface area (Å²) in [7, 11) is 1.83. The first-order chi connectivity index (χ1) is 16.6. The second kappa shape index (κ2) is 8.24. The van der Waals surface area contributed by atoms with Crippen molar-refractivity contribution in [3.05, 3.63) is 81.7 Å². The minimum Gasteiger partial charge on any atom is -0.362 e. The number of fused-ring (bicyclic) bond motifs is 3. The molecule has 0 bridgehead atoms. The molecule has 6 rings (SSSR count). The third-order valence-electron chi connectivity index (χ3n) is 7.16. The molecular weight excluding hydrogens is 424 g/mol. The molecule has 0 spiro atoms. The molecule has 174 valence electrons. The van der Waals surface area contributed by atoms with Crippen LogP contribution in [0.5, 0.6) is 0 Å². The summed E-state index contributed by atoms with van der Waals surface area (Å²) in [5.41, 5.74) is 8.88. The third kappa shape index (κ3) is 3.52. The number of aromatic amines is 1. The summed E-state index contributed by atoms with van der Waals surface area (Å²) in [5.74, 6) is 0.643. The zero-order valence-corrected chi connectivity index (χ0v) is 19.8. The summed E-state index contributed by atoms with van der Waals surface area (Å²) in [6.07, 6.45) is 6.97. The number of nitrogens with one attached hydrogen (secondary N) is 2. The van der Waals surface area contributed by atoms with Crippen molar-refractivity contribution in [3.63, 3.8) is 0 Å². The van der Waals surface area contributed by atoms with Crippen molar-refractivity contribution in [3.8, 4) is 11.1 Å². The van der Waals surface area contributed by atoms with Crippen molar-refractivity contribution >= 4 is 17.2 Å². The van der Waals surface area contributed by atoms with Gasteiger partial charge in [0.05, 0.1) is 12.2 Å². The summed E-state index contributed by atoms with van der Waals surface area (Å²) < 4.78 is 4.23. The van der Waals surface area contributed by atoms with E-state index in [-0.39, 0.29) is 5.56 Å². The number of hydrogen-bond acceptors (Lipinski definition) is 4. The average molecular weight is 455 g/mol. The van der Waals surface area contributed by atoms with Gasteiger partial charge in [-0.25, -0.2) is 0 Å². The number of anilines is 3. The molecule has 34 heavy (non-hydrogen) atoms. The smallest absolute Gasteiger partial charge is 0.274 e. The van der Waals surface area contributed by atoms with Crippen molar-refractivity contribution in [1.29, 1.82) is 0 Å². The van der Waals surface area contributed by atoms with Crippen LogP contribution in [0.1, 0.15) is 35.5 Å². The van der Waals surface area contributed by atoms with E-state index >= 15 is 0 Å². The maximum atomic E-state index is 13.4. The zero-order chi connectivity index (χ0) is 23.2. The van der Waals surface area contributed by atoms with Gasteiger partial charge in [-0.2, -0.15) is 5.10 Å². The van der Waals surface area contributed by atoms with Crippen LogP contribution in [0.2, 0.25) is 0 Å². The van der Waals surface area contributed by atoms with Gasteiger partial charge < -0.3 is 19.4 Å². The summed E-state index contributed by atoms with van der Waals surface area (Å²) in [6.45, 7) is 4.68. The van der Waals surface area contributed by atoms with Gasteiger partial charge >= 0.3 is 0 Å². The second-order valence-corrected chi connectivity index (χ2v) is 9.50. The van der Waals surface area contributed by atoms with Crippen molar-refractivity contribution in [1.82, 2.24) is 19.3 Å². The van der Waals surface area contributed by atoms with E-state index in [1.807, 2.05) is 44.4 Å². The molecule has 4 heterocycles. The highest BCUT2D eigenvalue weighted by atomic mass is 16.1. The highest BCUT2D eigenvalue weighted by Crippen LogP contribution is 2.38. The summed E-state index contributed by atoms with van der Waals surface area (Å²) >= 11 is 0. The Morgan fingerprint density at radius 3 is 2.68 bits per heavy atom. The van der Waals surface area contributed by atoms with E-state index in [1.165, 1.54) is 36.9 Å². The number of aryl methyl sites for hydroxylation is 3. The van der Waals surface area contributed by atoms with Crippen molar-refractivity contribution in [2.75, 3.05) is 16.8 Å². The van der Waals surface area contributed by atoms with Gasteiger partial charge in [0, 0.05) is 55.0 Å². The fraction of sp³-hybridized carbons (Fsp3) is 0.333. The predicted octanol–water partition coefficient (Wildman–Crippen LogP) is 4.53. The van der Waals surface area contributed by atoms with E-state index in [1.54, 1.807) is 10.3 Å². The molecule has 1 aliphatic carbocycles. The van der Waals surface area contributed by atoms with Crippen LogP contribution in [0.25, 0.3) is 11.1 Å². The molecule has 0 saturated heterocycles. The fourth-order valence-corrected chi connectivity index (χ4v) is 5.52. The molecule has 1 aromatic carbocycles. The van der Waals surface area contributed by atoms with Gasteiger partial charge in [0.2, 0.25) is 0 Å². The summed E-state index contributed by atoms with van der Waals surface area (Å²) in [5, 5.41) is 10.6. The molecule has 2 N–H and O–H groups in total. The van der Waals surface area contributed by atoms with Crippen LogP contribution >= 0.6 is 0 Å². The van der Waals surface area contributed by atoms with Crippen LogP contribution in [-0.4, -0.2) is 25.9 Å². The topological polar surface area (TPSA) is 70.9 Å². The van der Waals surface area contributed by atoms with E-state index in [9.17, 15) is 4.79 Å². The first-order valence-corrected chi connectivity index (χ1v) is 12.1. The van der Waals surface area contributed by atoms with Crippen molar-refractivity contribution < 1.29 is 0 Å². The van der Waals surface area contributed by atoms with Crippen LogP contribution in [0, 0.1) is 6.92 Å². The molecule has 0 unspecified atom stereocenters. The standard InChI is InChI=1S/C27H30N6O/c1-18-14-24(30-29-18)28-26-25(19-8-4-3-5-9-19)23(17-31(2)27(26)34)32-12-13-33-21(16-32)15-20-10-6-7-11-22(20)33/h3-5,8-9,14-15,17H,6-7,10-13,16H2,1-2H3,(H2,28,29,30). The largest absolute Gasteiger partial charge is 0.362 e. The molecular formula is C27H30N6O. The van der Waals surface area contributed by atoms with Crippen LogP contribution in [0.4, 0.5) is 17.2 Å². The molecule has 7 nitrogen and oxygen atoms in total. The molecule has 4 aromatic rings. The van der Waals surface area contributed by atoms with Crippen LogP contribution in [0.3, 0.4) is 0 Å². The molecule has 3 aromatic heterocycles. The summed E-state index contributed by atoms with van der Waals surface area (Å²) in [6, 6.07) is 14.5. The summed E-state index contributed by atoms with van der Waals surface area (Å²) in [4.78, 5) is 15.8. The Labute approximate surface area is 199 Å². The Kier molecular flexibility index (Phi) is 5.05. The van der Waals surface area contributed by atoms with E-state index in [0.29, 0.717) is 11.5 Å². The number of nitrogens with zero attached hydrogens (tertiary/aromatic N) is 4. The van der Waals surface area contributed by atoms with Crippen molar-refractivity contribution in [2.45, 2.75) is 45.7 Å². The van der Waals surface area contributed by atoms with Crippen LogP contribution in [0.15, 0.2) is 53.5 Å². The maximum Gasteiger partial charge on any atom is 0.274 e. The van der Waals surface area contributed by atoms with Gasteiger partial charge in [0.1, 0.15) is 5.69 Å². The van der Waals surface area contributed by atoms with E-state index in [4.69, 9.17) is 0 Å². The number of pyridine rings is 1. The highest BCUT2D eigenvalue weighted by Gasteiger charge is 2.27. The Morgan fingerprint density at radius 2 is 1.88 bits per heavy atom. The Hall–Kier alpha value is -3.74. The van der Waals surface area contributed by atoms with E-state index < -0.39 is 0 Å². The number of H-pyrrole nitrogens is 1. The molecule has 0 fully saturated rings. The van der Waals surface area contributed by atoms with Gasteiger partial charge in [-0.3, -0.25) is 9.89 Å². The number of hydrogen-bond donors (Lipinski definition) is 2. The monoisotopic (exact) mass is 454 g/mol. The number of aromatic nitrogens is 4. The van der Waals surface area contributed by atoms with Gasteiger partial charge in [0.25, 0.3) is 5.56 Å². The predicted molar refractivity (Wildman–Crippen MR) is 136 cm³/mol. The number of benzene rings is 1. The number of rotatable bonds is 4. The van der Waals surface area contributed by atoms with Gasteiger partial charge in [-0.1, -0.05) is 30.3 Å². The molecule has 0 atom stereocenters. The lowest BCUT2D eigenvalue weighted by molar-refractivity contribution is 0.536. The molecule has 7 heteroatoms. The first kappa shape index (κ1) is 20.8. The lowest BCUT2D eigenvalue weighted by atomic mass is 9.98. The highest BCUT2D eigenvalue weighted by molar-refractivity contribution is 5.90. The molecule has 0 radical (unpaired) electrons. The average Bonchev–Trinajstić information content (AvgIpc) is 3.44. The molecule has 0 amide bonds. The lowest BCUT2D eigenvalue weighted by Gasteiger charge is -2.34. The molecule has 0 saturated carbocycles. The third-order valence-corrected chi connectivity index (χ3v) is 7.16. The second-order valence-electron chi connectivity index (χ2n) is 9.50. The quantitative estimate of drug-likeness (QED) is 0.475. The molecule has 1 aliphatic heterocycles. The van der Waals surface area contributed by atoms with Gasteiger partial charge in [0.15, 0.2) is 5.82 Å². The van der Waals surface area contributed by atoms with E-state index in [2.05, 4.69) is 43.2 Å². The van der Waals surface area contributed by atoms with Crippen LogP contribution in [-0.2, 0) is 33.0 Å². The van der Waals surface area contributed by atoms with Crippen LogP contribution < -0.4 is 15.8 Å². The normalized spacial score (nSPS) is 15.2.